The lowest BCUT2D eigenvalue weighted by Gasteiger charge is -2.09. The summed E-state index contributed by atoms with van der Waals surface area (Å²) in [5, 5.41) is 0. The Morgan fingerprint density at radius 1 is 1.07 bits per heavy atom. The molecule has 0 aliphatic heterocycles. The van der Waals surface area contributed by atoms with Gasteiger partial charge in [-0.15, -0.1) is 11.8 Å². The molecule has 0 radical (unpaired) electrons. The first-order valence-electron chi connectivity index (χ1n) is 9.66. The maximum absolute atomic E-state index is 12.6. The van der Waals surface area contributed by atoms with Crippen molar-refractivity contribution in [2.75, 3.05) is 33.7 Å². The molecule has 0 saturated heterocycles. The average molecular weight is 447 g/mol. The summed E-state index contributed by atoms with van der Waals surface area (Å²) < 4.78 is 19.2. The third kappa shape index (κ3) is 5.44. The van der Waals surface area contributed by atoms with Crippen molar-refractivity contribution in [1.29, 1.82) is 0 Å². The van der Waals surface area contributed by atoms with Gasteiger partial charge in [0.15, 0.2) is 4.80 Å². The molecule has 1 amide bonds. The van der Waals surface area contributed by atoms with Crippen molar-refractivity contribution >= 4 is 39.2 Å². The van der Waals surface area contributed by atoms with Crippen LogP contribution in [0.3, 0.4) is 0 Å². The summed E-state index contributed by atoms with van der Waals surface area (Å²) in [6.45, 7) is 1.07. The van der Waals surface area contributed by atoms with Gasteiger partial charge in [-0.25, -0.2) is 0 Å². The van der Waals surface area contributed by atoms with Gasteiger partial charge in [0.2, 0.25) is 5.91 Å². The highest BCUT2D eigenvalue weighted by molar-refractivity contribution is 7.99. The molecule has 0 unspecified atom stereocenters. The second kappa shape index (κ2) is 11.2. The van der Waals surface area contributed by atoms with E-state index in [2.05, 4.69) is 17.1 Å². The predicted molar refractivity (Wildman–Crippen MR) is 122 cm³/mol. The van der Waals surface area contributed by atoms with Gasteiger partial charge in [0.25, 0.3) is 0 Å². The molecule has 3 rings (SSSR count). The molecule has 3 aromatic rings. The third-order valence-electron chi connectivity index (χ3n) is 4.48. The van der Waals surface area contributed by atoms with Gasteiger partial charge in [-0.3, -0.25) is 4.79 Å². The van der Waals surface area contributed by atoms with Gasteiger partial charge in [0.05, 0.1) is 20.8 Å². The van der Waals surface area contributed by atoms with Gasteiger partial charge < -0.3 is 18.8 Å². The number of rotatable bonds is 10. The van der Waals surface area contributed by atoms with Gasteiger partial charge >= 0.3 is 0 Å². The molecule has 0 aliphatic carbocycles. The van der Waals surface area contributed by atoms with E-state index < -0.39 is 0 Å². The fourth-order valence-corrected chi connectivity index (χ4v) is 5.08. The number of hydrogen-bond donors (Lipinski definition) is 0. The molecule has 0 aliphatic rings. The first-order valence-corrected chi connectivity index (χ1v) is 11.5. The van der Waals surface area contributed by atoms with Crippen molar-refractivity contribution < 1.29 is 19.0 Å². The van der Waals surface area contributed by atoms with E-state index in [-0.39, 0.29) is 5.91 Å². The monoisotopic (exact) mass is 446 g/mol. The molecule has 0 fully saturated rings. The Morgan fingerprint density at radius 3 is 2.50 bits per heavy atom. The molecule has 0 bridgehead atoms. The van der Waals surface area contributed by atoms with Crippen LogP contribution >= 0.6 is 23.1 Å². The normalized spacial score (nSPS) is 11.8. The summed E-state index contributed by atoms with van der Waals surface area (Å²) in [6.07, 6.45) is 1.18. The van der Waals surface area contributed by atoms with Gasteiger partial charge in [-0.2, -0.15) is 4.99 Å². The standard InChI is InChI=1S/C22H26N2O4S2/c1-26-14-13-24-20-17(27-2)11-12-18(28-3)21(20)30-22(24)23-19(25)10-7-15-29-16-8-5-4-6-9-16/h4-6,8-9,11-12H,7,10,13-15H2,1-3H3. The molecule has 0 N–H and O–H groups in total. The van der Waals surface area contributed by atoms with E-state index in [1.165, 1.54) is 16.2 Å². The lowest BCUT2D eigenvalue weighted by atomic mass is 10.3. The number of fused-ring (bicyclic) bond motifs is 1. The van der Waals surface area contributed by atoms with Crippen LogP contribution in [-0.2, 0) is 16.1 Å². The van der Waals surface area contributed by atoms with Gasteiger partial charge in [0, 0.05) is 25.0 Å². The van der Waals surface area contributed by atoms with Crippen LogP contribution in [0.5, 0.6) is 11.5 Å². The topological polar surface area (TPSA) is 62.1 Å². The summed E-state index contributed by atoms with van der Waals surface area (Å²) in [5.74, 6) is 2.20. The maximum Gasteiger partial charge on any atom is 0.248 e. The van der Waals surface area contributed by atoms with Crippen molar-refractivity contribution in [3.8, 4) is 11.5 Å². The van der Waals surface area contributed by atoms with Gasteiger partial charge in [-0.1, -0.05) is 29.5 Å². The zero-order chi connectivity index (χ0) is 21.3. The van der Waals surface area contributed by atoms with Gasteiger partial charge in [0.1, 0.15) is 21.7 Å². The molecule has 1 aromatic heterocycles. The van der Waals surface area contributed by atoms with Crippen LogP contribution in [0.1, 0.15) is 12.8 Å². The zero-order valence-electron chi connectivity index (χ0n) is 17.4. The summed E-state index contributed by atoms with van der Waals surface area (Å²) in [4.78, 5) is 18.8. The van der Waals surface area contributed by atoms with E-state index >= 15 is 0 Å². The summed E-state index contributed by atoms with van der Waals surface area (Å²) in [6, 6.07) is 13.9. The number of thiazole rings is 1. The lowest BCUT2D eigenvalue weighted by Crippen LogP contribution is -2.19. The summed E-state index contributed by atoms with van der Waals surface area (Å²) in [5.41, 5.74) is 0.866. The minimum atomic E-state index is -0.126. The predicted octanol–water partition coefficient (Wildman–Crippen LogP) is 4.37. The van der Waals surface area contributed by atoms with Crippen molar-refractivity contribution in [1.82, 2.24) is 4.57 Å². The zero-order valence-corrected chi connectivity index (χ0v) is 19.1. The second-order valence-corrected chi connectivity index (χ2v) is 8.59. The number of carbonyl (C=O) groups excluding carboxylic acids is 1. The Hall–Kier alpha value is -2.29. The van der Waals surface area contributed by atoms with Crippen LogP contribution in [0.2, 0.25) is 0 Å². The number of methoxy groups -OCH3 is 3. The number of benzene rings is 2. The van der Waals surface area contributed by atoms with Crippen molar-refractivity contribution in [2.24, 2.45) is 4.99 Å². The van der Waals surface area contributed by atoms with E-state index in [4.69, 9.17) is 14.2 Å². The molecule has 6 nitrogen and oxygen atoms in total. The van der Waals surface area contributed by atoms with Crippen LogP contribution < -0.4 is 14.3 Å². The molecule has 160 valence electrons. The quantitative estimate of drug-likeness (QED) is 0.342. The smallest absolute Gasteiger partial charge is 0.248 e. The fraction of sp³-hybridized carbons (Fsp3) is 0.364. The minimum Gasteiger partial charge on any atom is -0.495 e. The van der Waals surface area contributed by atoms with Crippen molar-refractivity contribution in [3.63, 3.8) is 0 Å². The molecule has 0 spiro atoms. The fourth-order valence-electron chi connectivity index (χ4n) is 3.02. The SMILES string of the molecule is COCCn1c(=NC(=O)CCCSc2ccccc2)sc2c(OC)ccc(OC)c21. The maximum atomic E-state index is 12.6. The molecule has 0 atom stereocenters. The number of hydrogen-bond acceptors (Lipinski definition) is 6. The summed E-state index contributed by atoms with van der Waals surface area (Å²) in [7, 11) is 4.91. The largest absolute Gasteiger partial charge is 0.495 e. The Balaban J connectivity index is 1.82. The Morgan fingerprint density at radius 2 is 1.80 bits per heavy atom. The van der Waals surface area contributed by atoms with Crippen LogP contribution in [0.25, 0.3) is 10.2 Å². The van der Waals surface area contributed by atoms with Crippen LogP contribution in [0.4, 0.5) is 0 Å². The first kappa shape index (κ1) is 22.4. The van der Waals surface area contributed by atoms with Crippen molar-refractivity contribution in [3.05, 3.63) is 47.3 Å². The average Bonchev–Trinajstić information content (AvgIpc) is 3.13. The van der Waals surface area contributed by atoms with Crippen LogP contribution in [0.15, 0.2) is 52.4 Å². The van der Waals surface area contributed by atoms with E-state index in [0.717, 1.165) is 28.1 Å². The Bertz CT molecular complexity index is 1040. The third-order valence-corrected chi connectivity index (χ3v) is 6.67. The molecule has 8 heteroatoms. The number of carbonyl (C=O) groups is 1. The summed E-state index contributed by atoms with van der Waals surface area (Å²) >= 11 is 3.18. The molecular weight excluding hydrogens is 420 g/mol. The highest BCUT2D eigenvalue weighted by Gasteiger charge is 2.16. The lowest BCUT2D eigenvalue weighted by molar-refractivity contribution is -0.118. The van der Waals surface area contributed by atoms with E-state index in [9.17, 15) is 4.79 Å². The molecule has 1 heterocycles. The highest BCUT2D eigenvalue weighted by Crippen LogP contribution is 2.35. The molecule has 0 saturated carbocycles. The van der Waals surface area contributed by atoms with E-state index in [1.54, 1.807) is 33.1 Å². The number of amides is 1. The van der Waals surface area contributed by atoms with Crippen LogP contribution in [0, 0.1) is 0 Å². The molecule has 2 aromatic carbocycles. The Labute approximate surface area is 184 Å². The molecule has 30 heavy (non-hydrogen) atoms. The van der Waals surface area contributed by atoms with Gasteiger partial charge in [-0.05, 0) is 36.4 Å². The number of nitrogens with zero attached hydrogens (tertiary/aromatic N) is 2. The highest BCUT2D eigenvalue weighted by atomic mass is 32.2. The van der Waals surface area contributed by atoms with Crippen molar-refractivity contribution in [2.45, 2.75) is 24.3 Å². The molecular formula is C22H26N2O4S2. The number of thioether (sulfide) groups is 1. The minimum absolute atomic E-state index is 0.126. The Kier molecular flexibility index (Phi) is 8.36. The number of aromatic nitrogens is 1. The van der Waals surface area contributed by atoms with Crippen LogP contribution in [-0.4, -0.2) is 44.2 Å². The first-order chi connectivity index (χ1) is 14.7. The van der Waals surface area contributed by atoms with E-state index in [0.29, 0.717) is 30.1 Å². The second-order valence-electron chi connectivity index (χ2n) is 6.45. The number of ether oxygens (including phenoxy) is 3. The van der Waals surface area contributed by atoms with E-state index in [1.807, 2.05) is 34.9 Å².